The molecular weight excluding hydrogens is 459 g/mol. The summed E-state index contributed by atoms with van der Waals surface area (Å²) in [6.45, 7) is 1.45. The Labute approximate surface area is 200 Å². The third-order valence-corrected chi connectivity index (χ3v) is 7.60. The van der Waals surface area contributed by atoms with Crippen molar-refractivity contribution in [1.29, 1.82) is 0 Å². The van der Waals surface area contributed by atoms with Crippen LogP contribution in [0.2, 0.25) is 0 Å². The Balaban J connectivity index is 1.56. The van der Waals surface area contributed by atoms with Gasteiger partial charge in [-0.3, -0.25) is 19.3 Å². The fourth-order valence-electron chi connectivity index (χ4n) is 4.68. The number of nitrogens with two attached hydrogens (primary N) is 1. The first kappa shape index (κ1) is 23.9. The molecule has 0 spiro atoms. The van der Waals surface area contributed by atoms with Gasteiger partial charge in [-0.15, -0.1) is 11.3 Å². The molecule has 8 nitrogen and oxygen atoms in total. The number of carbonyl (C=O) groups excluding carboxylic acids is 4. The zero-order chi connectivity index (χ0) is 24.5. The summed E-state index contributed by atoms with van der Waals surface area (Å²) < 4.78 is 13.5. The number of nitrogens with one attached hydrogen (secondary N) is 2. The highest BCUT2D eigenvalue weighted by Gasteiger charge is 2.52. The van der Waals surface area contributed by atoms with E-state index in [0.717, 1.165) is 47.4 Å². The van der Waals surface area contributed by atoms with Crippen molar-refractivity contribution in [1.82, 2.24) is 10.2 Å². The zero-order valence-electron chi connectivity index (χ0n) is 18.9. The number of fused-ring (bicyclic) bond motifs is 1. The normalized spacial score (nSPS) is 19.6. The minimum absolute atomic E-state index is 0.314. The number of rotatable bonds is 8. The van der Waals surface area contributed by atoms with Crippen molar-refractivity contribution in [2.45, 2.75) is 57.4 Å². The number of benzene rings is 1. The van der Waals surface area contributed by atoms with Gasteiger partial charge in [0, 0.05) is 4.88 Å². The number of hydrogen-bond donors (Lipinski definition) is 3. The van der Waals surface area contributed by atoms with Crippen molar-refractivity contribution in [3.63, 3.8) is 0 Å². The van der Waals surface area contributed by atoms with E-state index in [1.54, 1.807) is 0 Å². The second-order valence-corrected chi connectivity index (χ2v) is 9.77. The molecule has 1 atom stereocenters. The molecule has 10 heteroatoms. The van der Waals surface area contributed by atoms with Gasteiger partial charge < -0.3 is 16.4 Å². The molecule has 2 aliphatic rings. The number of amides is 5. The maximum absolute atomic E-state index is 13.5. The van der Waals surface area contributed by atoms with E-state index in [1.807, 2.05) is 6.92 Å². The van der Waals surface area contributed by atoms with Crippen LogP contribution < -0.4 is 16.4 Å². The summed E-state index contributed by atoms with van der Waals surface area (Å²) in [6, 6.07) is 4.73. The van der Waals surface area contributed by atoms with Crippen LogP contribution in [-0.2, 0) is 28.0 Å². The molecule has 2 aromatic rings. The van der Waals surface area contributed by atoms with Crippen molar-refractivity contribution < 1.29 is 23.6 Å². The number of imide groups is 1. The summed E-state index contributed by atoms with van der Waals surface area (Å²) in [5.74, 6) is -2.23. The topological polar surface area (TPSA) is 122 Å². The first-order chi connectivity index (χ1) is 16.3. The molecule has 1 aliphatic carbocycles. The third-order valence-electron chi connectivity index (χ3n) is 6.39. The van der Waals surface area contributed by atoms with Crippen LogP contribution in [0.5, 0.6) is 0 Å². The number of halogens is 1. The molecule has 180 valence electrons. The van der Waals surface area contributed by atoms with Crippen LogP contribution in [0, 0.1) is 5.82 Å². The number of nitrogens with zero attached hydrogens (tertiary/aromatic N) is 1. The summed E-state index contributed by atoms with van der Waals surface area (Å²) in [5, 5.41) is 5.78. The number of unbranched alkanes of at least 4 members (excludes halogenated alkanes) is 1. The molecule has 0 bridgehead atoms. The number of primary amides is 1. The van der Waals surface area contributed by atoms with Gasteiger partial charge in [-0.25, -0.2) is 9.18 Å². The highest BCUT2D eigenvalue weighted by molar-refractivity contribution is 7.17. The van der Waals surface area contributed by atoms with E-state index in [-0.39, 0.29) is 0 Å². The van der Waals surface area contributed by atoms with Crippen LogP contribution >= 0.6 is 11.3 Å². The van der Waals surface area contributed by atoms with Crippen molar-refractivity contribution in [3.05, 3.63) is 51.7 Å². The highest BCUT2D eigenvalue weighted by atomic mass is 32.1. The Bertz CT molecular complexity index is 1150. The lowest BCUT2D eigenvalue weighted by Crippen LogP contribution is -2.44. The molecule has 2 heterocycles. The molecule has 1 aromatic carbocycles. The maximum Gasteiger partial charge on any atom is 0.325 e. The number of hydrogen-bond acceptors (Lipinski definition) is 5. The van der Waals surface area contributed by atoms with Gasteiger partial charge in [-0.1, -0.05) is 31.9 Å². The molecule has 1 fully saturated rings. The molecule has 0 saturated carbocycles. The fraction of sp³-hybridized carbons (Fsp3) is 0.417. The van der Waals surface area contributed by atoms with Gasteiger partial charge in [0.2, 0.25) is 5.91 Å². The third kappa shape index (κ3) is 4.29. The second kappa shape index (κ2) is 9.54. The van der Waals surface area contributed by atoms with Crippen LogP contribution in [0.4, 0.5) is 14.2 Å². The number of carbonyl (C=O) groups is 4. The molecule has 1 aromatic heterocycles. The molecular formula is C24H27FN4O4S. The molecule has 0 radical (unpaired) electrons. The Kier molecular flexibility index (Phi) is 6.70. The van der Waals surface area contributed by atoms with Gasteiger partial charge >= 0.3 is 6.03 Å². The average Bonchev–Trinajstić information content (AvgIpc) is 3.28. The lowest BCUT2D eigenvalue weighted by molar-refractivity contribution is -0.134. The monoisotopic (exact) mass is 486 g/mol. The van der Waals surface area contributed by atoms with Crippen molar-refractivity contribution in [2.24, 2.45) is 5.73 Å². The lowest BCUT2D eigenvalue weighted by atomic mass is 9.85. The van der Waals surface area contributed by atoms with E-state index in [0.29, 0.717) is 29.0 Å². The maximum atomic E-state index is 13.5. The summed E-state index contributed by atoms with van der Waals surface area (Å²) in [7, 11) is 0. The van der Waals surface area contributed by atoms with Crippen molar-refractivity contribution in [2.75, 3.05) is 11.9 Å². The second-order valence-electron chi connectivity index (χ2n) is 8.66. The van der Waals surface area contributed by atoms with E-state index in [9.17, 15) is 23.6 Å². The molecule has 4 rings (SSSR count). The molecule has 1 saturated heterocycles. The van der Waals surface area contributed by atoms with Gasteiger partial charge in [0.05, 0.1) is 5.56 Å². The van der Waals surface area contributed by atoms with Gasteiger partial charge in [0.25, 0.3) is 11.8 Å². The van der Waals surface area contributed by atoms with Crippen LogP contribution in [0.25, 0.3) is 0 Å². The van der Waals surface area contributed by atoms with Gasteiger partial charge in [0.1, 0.15) is 22.9 Å². The Hall–Kier alpha value is -3.27. The summed E-state index contributed by atoms with van der Waals surface area (Å²) >= 11 is 1.31. The Morgan fingerprint density at radius 3 is 2.59 bits per heavy atom. The molecule has 34 heavy (non-hydrogen) atoms. The quantitative estimate of drug-likeness (QED) is 0.495. The Morgan fingerprint density at radius 1 is 1.21 bits per heavy atom. The van der Waals surface area contributed by atoms with Gasteiger partial charge in [-0.2, -0.15) is 0 Å². The predicted octanol–water partition coefficient (Wildman–Crippen LogP) is 3.44. The molecule has 5 amide bonds. The van der Waals surface area contributed by atoms with E-state index in [2.05, 4.69) is 10.6 Å². The minimum atomic E-state index is -1.36. The van der Waals surface area contributed by atoms with E-state index >= 15 is 0 Å². The standard InChI is InChI=1S/C24H27FN4O4S/c1-2-3-12-24(14-8-10-15(25)11-9-14)22(32)29(23(33)28-24)13-18(30)27-21-19(20(26)31)16-6-4-5-7-17(16)34-21/h8-11H,2-7,12-13H2,1H3,(H2,26,31)(H,27,30)(H,28,33). The summed E-state index contributed by atoms with van der Waals surface area (Å²) in [5.41, 5.74) is 5.88. The van der Waals surface area contributed by atoms with Gasteiger partial charge in [0.15, 0.2) is 0 Å². The number of thiophene rings is 1. The largest absolute Gasteiger partial charge is 0.365 e. The minimum Gasteiger partial charge on any atom is -0.365 e. The first-order valence-corrected chi connectivity index (χ1v) is 12.2. The highest BCUT2D eigenvalue weighted by Crippen LogP contribution is 2.38. The number of anilines is 1. The van der Waals surface area contributed by atoms with E-state index in [1.165, 1.54) is 35.6 Å². The van der Waals surface area contributed by atoms with Crippen LogP contribution in [-0.4, -0.2) is 35.2 Å². The molecule has 1 unspecified atom stereocenters. The Morgan fingerprint density at radius 2 is 1.91 bits per heavy atom. The van der Waals surface area contributed by atoms with Crippen LogP contribution in [0.15, 0.2) is 24.3 Å². The SMILES string of the molecule is CCCCC1(c2ccc(F)cc2)NC(=O)N(CC(=O)Nc2sc3c(c2C(N)=O)CCCC3)C1=O. The average molecular weight is 487 g/mol. The van der Waals surface area contributed by atoms with Crippen LogP contribution in [0.3, 0.4) is 0 Å². The zero-order valence-corrected chi connectivity index (χ0v) is 19.7. The smallest absolute Gasteiger partial charge is 0.325 e. The fourth-order valence-corrected chi connectivity index (χ4v) is 5.99. The lowest BCUT2D eigenvalue weighted by Gasteiger charge is -2.27. The van der Waals surface area contributed by atoms with Crippen LogP contribution in [0.1, 0.15) is 65.4 Å². The van der Waals surface area contributed by atoms with E-state index < -0.39 is 41.7 Å². The van der Waals surface area contributed by atoms with E-state index in [4.69, 9.17) is 5.73 Å². The van der Waals surface area contributed by atoms with Crippen molar-refractivity contribution in [3.8, 4) is 0 Å². The summed E-state index contributed by atoms with van der Waals surface area (Å²) in [4.78, 5) is 53.1. The number of aryl methyl sites for hydroxylation is 1. The van der Waals surface area contributed by atoms with Gasteiger partial charge in [-0.05, 0) is 55.4 Å². The molecule has 1 aliphatic heterocycles. The summed E-state index contributed by atoms with van der Waals surface area (Å²) in [6.07, 6.45) is 5.25. The predicted molar refractivity (Wildman–Crippen MR) is 126 cm³/mol. The molecule has 4 N–H and O–H groups in total. The number of urea groups is 1. The van der Waals surface area contributed by atoms with Crippen molar-refractivity contribution >= 4 is 40.1 Å². The first-order valence-electron chi connectivity index (χ1n) is 11.4.